The van der Waals surface area contributed by atoms with E-state index >= 15 is 0 Å². The third-order valence-electron chi connectivity index (χ3n) is 1.78. The first-order chi connectivity index (χ1) is 4.49. The van der Waals surface area contributed by atoms with Gasteiger partial charge in [0.15, 0.2) is 0 Å². The van der Waals surface area contributed by atoms with Crippen molar-refractivity contribution in [3.63, 3.8) is 0 Å². The average molecular weight is 143 g/mol. The zero-order valence-electron chi connectivity index (χ0n) is 7.02. The molecule has 0 radical (unpaired) electrons. The fraction of sp³-hybridized carbons (Fsp3) is 1.00. The largest absolute Gasteiger partial charge is 0.393 e. The van der Waals surface area contributed by atoms with Crippen LogP contribution in [0.5, 0.6) is 0 Å². The van der Waals surface area contributed by atoms with E-state index in [4.69, 9.17) is 5.11 Å². The molecule has 2 atom stereocenters. The van der Waals surface area contributed by atoms with E-state index in [1.807, 2.05) is 0 Å². The predicted molar refractivity (Wildman–Crippen MR) is 41.9 cm³/mol. The number of hydrogen-bond acceptors (Lipinski definition) is 2. The van der Waals surface area contributed by atoms with Gasteiger partial charge in [0.2, 0.25) is 0 Å². The van der Waals surface area contributed by atoms with Gasteiger partial charge in [-0.1, -0.05) is 0 Å². The molecular weight excluding hydrogens is 126 g/mol. The second-order valence-corrected chi connectivity index (χ2v) is 4.19. The minimum Gasteiger partial charge on any atom is -0.393 e. The highest BCUT2D eigenvalue weighted by molar-refractivity contribution is 4.89. The van der Waals surface area contributed by atoms with Gasteiger partial charge in [0.1, 0.15) is 0 Å². The van der Waals surface area contributed by atoms with Crippen LogP contribution in [0.4, 0.5) is 0 Å². The number of nitrogens with one attached hydrogen (secondary N) is 1. The van der Waals surface area contributed by atoms with Crippen LogP contribution in [0.3, 0.4) is 0 Å². The van der Waals surface area contributed by atoms with Crippen LogP contribution in [-0.2, 0) is 0 Å². The van der Waals surface area contributed by atoms with E-state index in [1.54, 1.807) is 0 Å². The van der Waals surface area contributed by atoms with Gasteiger partial charge in [-0.15, -0.1) is 0 Å². The van der Waals surface area contributed by atoms with E-state index in [0.717, 1.165) is 13.0 Å². The molecule has 2 unspecified atom stereocenters. The van der Waals surface area contributed by atoms with Crippen LogP contribution in [-0.4, -0.2) is 23.3 Å². The monoisotopic (exact) mass is 143 g/mol. The molecule has 0 saturated heterocycles. The molecule has 0 aromatic heterocycles. The third kappa shape index (κ3) is 2.67. The summed E-state index contributed by atoms with van der Waals surface area (Å²) >= 11 is 0. The topological polar surface area (TPSA) is 32.3 Å². The molecule has 10 heavy (non-hydrogen) atoms. The van der Waals surface area contributed by atoms with Crippen molar-refractivity contribution in [2.24, 2.45) is 5.92 Å². The maximum Gasteiger partial charge on any atom is 0.0585 e. The minimum atomic E-state index is -0.0187. The zero-order valence-corrected chi connectivity index (χ0v) is 7.02. The molecule has 1 fully saturated rings. The summed E-state index contributed by atoms with van der Waals surface area (Å²) in [5, 5.41) is 12.3. The summed E-state index contributed by atoms with van der Waals surface area (Å²) < 4.78 is 0. The van der Waals surface area contributed by atoms with Gasteiger partial charge in [-0.25, -0.2) is 0 Å². The highest BCUT2D eigenvalue weighted by Gasteiger charge is 2.35. The summed E-state index contributed by atoms with van der Waals surface area (Å²) in [4.78, 5) is 0. The SMILES string of the molecule is CC(C)(C)NCC1CC1O. The molecule has 0 bridgehead atoms. The molecule has 2 heteroatoms. The van der Waals surface area contributed by atoms with Gasteiger partial charge in [-0.3, -0.25) is 0 Å². The Morgan fingerprint density at radius 3 is 2.30 bits per heavy atom. The molecular formula is C8H17NO. The smallest absolute Gasteiger partial charge is 0.0585 e. The molecule has 0 aromatic rings. The Morgan fingerprint density at radius 2 is 2.00 bits per heavy atom. The van der Waals surface area contributed by atoms with Crippen molar-refractivity contribution >= 4 is 0 Å². The van der Waals surface area contributed by atoms with Gasteiger partial charge in [-0.05, 0) is 33.1 Å². The Labute approximate surface area is 62.6 Å². The summed E-state index contributed by atoms with van der Waals surface area (Å²) in [6.45, 7) is 7.38. The molecule has 0 aromatic carbocycles. The molecule has 0 aliphatic heterocycles. The highest BCUT2D eigenvalue weighted by atomic mass is 16.3. The first kappa shape index (κ1) is 8.02. The number of rotatable bonds is 2. The van der Waals surface area contributed by atoms with Crippen LogP contribution in [0.15, 0.2) is 0 Å². The molecule has 1 aliphatic carbocycles. The summed E-state index contributed by atoms with van der Waals surface area (Å²) in [6, 6.07) is 0. The highest BCUT2D eigenvalue weighted by Crippen LogP contribution is 2.29. The van der Waals surface area contributed by atoms with Gasteiger partial charge in [0.25, 0.3) is 0 Å². The molecule has 0 amide bonds. The van der Waals surface area contributed by atoms with Crippen LogP contribution in [0, 0.1) is 5.92 Å². The van der Waals surface area contributed by atoms with Gasteiger partial charge in [0, 0.05) is 12.1 Å². The van der Waals surface area contributed by atoms with Crippen molar-refractivity contribution in [3.8, 4) is 0 Å². The Hall–Kier alpha value is -0.0800. The Kier molecular flexibility index (Phi) is 2.02. The fourth-order valence-electron chi connectivity index (χ4n) is 0.888. The molecule has 1 rings (SSSR count). The first-order valence-electron chi connectivity index (χ1n) is 3.92. The van der Waals surface area contributed by atoms with Crippen LogP contribution >= 0.6 is 0 Å². The molecule has 2 nitrogen and oxygen atoms in total. The number of hydrogen-bond donors (Lipinski definition) is 2. The van der Waals surface area contributed by atoms with Crippen LogP contribution in [0.2, 0.25) is 0 Å². The van der Waals surface area contributed by atoms with Crippen LogP contribution in [0.1, 0.15) is 27.2 Å². The normalized spacial score (nSPS) is 32.4. The first-order valence-corrected chi connectivity index (χ1v) is 3.92. The standard InChI is InChI=1S/C8H17NO/c1-8(2,3)9-5-6-4-7(6)10/h6-7,9-10H,4-5H2,1-3H3. The quantitative estimate of drug-likeness (QED) is 0.598. The number of aliphatic hydroxyl groups excluding tert-OH is 1. The summed E-state index contributed by atoms with van der Waals surface area (Å²) in [6.07, 6.45) is 0.971. The molecule has 0 spiro atoms. The molecule has 2 N–H and O–H groups in total. The van der Waals surface area contributed by atoms with E-state index in [2.05, 4.69) is 26.1 Å². The van der Waals surface area contributed by atoms with Gasteiger partial charge in [0.05, 0.1) is 6.10 Å². The fourth-order valence-corrected chi connectivity index (χ4v) is 0.888. The van der Waals surface area contributed by atoms with E-state index in [1.165, 1.54) is 0 Å². The zero-order chi connectivity index (χ0) is 7.78. The van der Waals surface area contributed by atoms with Crippen molar-refractivity contribution in [3.05, 3.63) is 0 Å². The van der Waals surface area contributed by atoms with Crippen molar-refractivity contribution in [1.82, 2.24) is 5.32 Å². The summed E-state index contributed by atoms with van der Waals surface area (Å²) in [7, 11) is 0. The second kappa shape index (κ2) is 2.51. The predicted octanol–water partition coefficient (Wildman–Crippen LogP) is 0.755. The van der Waals surface area contributed by atoms with Gasteiger partial charge >= 0.3 is 0 Å². The summed E-state index contributed by atoms with van der Waals surface area (Å²) in [5.74, 6) is 0.527. The summed E-state index contributed by atoms with van der Waals surface area (Å²) in [5.41, 5.74) is 0.197. The Morgan fingerprint density at radius 1 is 1.50 bits per heavy atom. The van der Waals surface area contributed by atoms with Crippen molar-refractivity contribution in [2.75, 3.05) is 6.54 Å². The minimum absolute atomic E-state index is 0.0187. The Balaban J connectivity index is 2.06. The van der Waals surface area contributed by atoms with Gasteiger partial charge in [-0.2, -0.15) is 0 Å². The lowest BCUT2D eigenvalue weighted by atomic mass is 10.1. The average Bonchev–Trinajstić information content (AvgIpc) is 2.40. The van der Waals surface area contributed by atoms with Crippen molar-refractivity contribution < 1.29 is 5.11 Å². The molecule has 1 saturated carbocycles. The second-order valence-electron chi connectivity index (χ2n) is 4.19. The van der Waals surface area contributed by atoms with Gasteiger partial charge < -0.3 is 10.4 Å². The third-order valence-corrected chi connectivity index (χ3v) is 1.78. The van der Waals surface area contributed by atoms with Crippen molar-refractivity contribution in [1.29, 1.82) is 0 Å². The lowest BCUT2D eigenvalue weighted by Gasteiger charge is -2.20. The molecule has 1 aliphatic rings. The van der Waals surface area contributed by atoms with Crippen LogP contribution < -0.4 is 5.32 Å². The van der Waals surface area contributed by atoms with E-state index < -0.39 is 0 Å². The lowest BCUT2D eigenvalue weighted by molar-refractivity contribution is 0.253. The van der Waals surface area contributed by atoms with E-state index in [0.29, 0.717) is 5.92 Å². The van der Waals surface area contributed by atoms with Crippen molar-refractivity contribution in [2.45, 2.75) is 38.8 Å². The van der Waals surface area contributed by atoms with E-state index in [9.17, 15) is 0 Å². The molecule has 60 valence electrons. The maximum absolute atomic E-state index is 8.98. The number of aliphatic hydroxyl groups is 1. The van der Waals surface area contributed by atoms with Crippen LogP contribution in [0.25, 0.3) is 0 Å². The lowest BCUT2D eigenvalue weighted by Crippen LogP contribution is -2.37. The Bertz CT molecular complexity index is 117. The van der Waals surface area contributed by atoms with E-state index in [-0.39, 0.29) is 11.6 Å². The maximum atomic E-state index is 8.98. The molecule has 0 heterocycles.